The summed E-state index contributed by atoms with van der Waals surface area (Å²) in [6.45, 7) is 0.202. The van der Waals surface area contributed by atoms with E-state index >= 15 is 0 Å². The fourth-order valence-corrected chi connectivity index (χ4v) is 2.88. The Balaban J connectivity index is 1.46. The number of ether oxygens (including phenoxy) is 3. The average molecular weight is 360 g/mol. The van der Waals surface area contributed by atoms with Gasteiger partial charge in [-0.3, -0.25) is 0 Å². The van der Waals surface area contributed by atoms with Crippen molar-refractivity contribution in [3.63, 3.8) is 0 Å². The Hall–Kier alpha value is -3.67. The predicted octanol–water partition coefficient (Wildman–Crippen LogP) is 5.25. The van der Waals surface area contributed by atoms with Crippen molar-refractivity contribution >= 4 is 11.0 Å². The fourth-order valence-electron chi connectivity index (χ4n) is 2.88. The van der Waals surface area contributed by atoms with E-state index in [9.17, 15) is 4.39 Å². The molecule has 0 unspecified atom stereocenters. The van der Waals surface area contributed by atoms with E-state index in [-0.39, 0.29) is 18.3 Å². The van der Waals surface area contributed by atoms with E-state index in [0.717, 1.165) is 11.1 Å². The normalized spacial score (nSPS) is 11.9. The van der Waals surface area contributed by atoms with Crippen LogP contribution in [0.5, 0.6) is 29.0 Å². The van der Waals surface area contributed by atoms with Crippen molar-refractivity contribution < 1.29 is 18.6 Å². The Bertz CT molecular complexity index is 1160. The van der Waals surface area contributed by atoms with E-state index in [0.29, 0.717) is 28.6 Å². The summed E-state index contributed by atoms with van der Waals surface area (Å²) in [5.41, 5.74) is 2.15. The third kappa shape index (κ3) is 2.91. The molecule has 0 fully saturated rings. The Morgan fingerprint density at radius 2 is 1.56 bits per heavy atom. The molecule has 0 aliphatic carbocycles. The molecule has 0 spiro atoms. The first-order valence-electron chi connectivity index (χ1n) is 8.39. The quantitative estimate of drug-likeness (QED) is 0.440. The predicted molar refractivity (Wildman–Crippen MR) is 96.9 cm³/mol. The third-order valence-corrected chi connectivity index (χ3v) is 4.14. The number of aromatic nitrogens is 2. The summed E-state index contributed by atoms with van der Waals surface area (Å²) in [7, 11) is 0. The van der Waals surface area contributed by atoms with Crippen LogP contribution >= 0.6 is 0 Å². The Labute approximate surface area is 154 Å². The maximum atomic E-state index is 13.3. The molecule has 5 nitrogen and oxygen atoms in total. The van der Waals surface area contributed by atoms with Crippen LogP contribution in [0.15, 0.2) is 66.7 Å². The lowest BCUT2D eigenvalue weighted by Gasteiger charge is -2.21. The highest BCUT2D eigenvalue weighted by Crippen LogP contribution is 2.48. The molecule has 5 rings (SSSR count). The van der Waals surface area contributed by atoms with Crippen LogP contribution in [-0.4, -0.2) is 9.97 Å². The van der Waals surface area contributed by atoms with Crippen LogP contribution in [-0.2, 0) is 6.61 Å². The molecule has 27 heavy (non-hydrogen) atoms. The number of para-hydroxylation sites is 3. The number of benzene rings is 3. The summed E-state index contributed by atoms with van der Waals surface area (Å²) >= 11 is 0. The first-order valence-corrected chi connectivity index (χ1v) is 8.39. The van der Waals surface area contributed by atoms with Gasteiger partial charge in [0.05, 0.1) is 11.0 Å². The van der Waals surface area contributed by atoms with Gasteiger partial charge in [-0.15, -0.1) is 0 Å². The van der Waals surface area contributed by atoms with Gasteiger partial charge < -0.3 is 14.2 Å². The minimum absolute atomic E-state index is 0.202. The van der Waals surface area contributed by atoms with Gasteiger partial charge in [0.15, 0.2) is 11.5 Å². The van der Waals surface area contributed by atoms with Crippen LogP contribution in [0.3, 0.4) is 0 Å². The van der Waals surface area contributed by atoms with Crippen LogP contribution in [0.2, 0.25) is 0 Å². The molecule has 3 aromatic carbocycles. The van der Waals surface area contributed by atoms with Crippen molar-refractivity contribution in [3.05, 3.63) is 78.1 Å². The molecule has 1 aliphatic rings. The maximum Gasteiger partial charge on any atom is 0.284 e. The molecule has 1 aliphatic heterocycles. The molecule has 4 aromatic rings. The van der Waals surface area contributed by atoms with Crippen molar-refractivity contribution in [1.29, 1.82) is 0 Å². The lowest BCUT2D eigenvalue weighted by molar-refractivity contribution is 0.272. The Morgan fingerprint density at radius 1 is 0.815 bits per heavy atom. The molecule has 132 valence electrons. The zero-order chi connectivity index (χ0) is 18.2. The number of rotatable bonds is 3. The highest BCUT2D eigenvalue weighted by molar-refractivity contribution is 5.76. The SMILES string of the molecule is Fc1cccc(COc2cccc3c2Oc2nc4ccccc4nc2O3)c1. The minimum atomic E-state index is -0.304. The molecule has 6 heteroatoms. The van der Waals surface area contributed by atoms with Crippen molar-refractivity contribution in [2.24, 2.45) is 0 Å². The molecule has 0 bridgehead atoms. The second kappa shape index (κ2) is 6.25. The van der Waals surface area contributed by atoms with E-state index in [4.69, 9.17) is 14.2 Å². The monoisotopic (exact) mass is 360 g/mol. The Kier molecular flexibility index (Phi) is 3.60. The molecule has 0 radical (unpaired) electrons. The highest BCUT2D eigenvalue weighted by atomic mass is 19.1. The standard InChI is InChI=1S/C21H13FN2O3/c22-14-6-3-5-13(11-14)12-25-17-9-4-10-18-19(17)27-21-20(26-18)23-15-7-1-2-8-16(15)24-21/h1-11H,12H2. The van der Waals surface area contributed by atoms with Gasteiger partial charge in [0.25, 0.3) is 11.8 Å². The molecule has 0 atom stereocenters. The van der Waals surface area contributed by atoms with E-state index < -0.39 is 0 Å². The van der Waals surface area contributed by atoms with E-state index in [1.54, 1.807) is 30.3 Å². The van der Waals surface area contributed by atoms with Crippen molar-refractivity contribution in [3.8, 4) is 29.0 Å². The van der Waals surface area contributed by atoms with Crippen LogP contribution in [0.1, 0.15) is 5.56 Å². The Morgan fingerprint density at radius 3 is 2.33 bits per heavy atom. The lowest BCUT2D eigenvalue weighted by Crippen LogP contribution is -2.05. The molecular weight excluding hydrogens is 347 g/mol. The summed E-state index contributed by atoms with van der Waals surface area (Å²) in [5.74, 6) is 1.68. The number of nitrogens with zero attached hydrogens (tertiary/aromatic N) is 2. The van der Waals surface area contributed by atoms with Crippen molar-refractivity contribution in [1.82, 2.24) is 9.97 Å². The molecule has 0 saturated carbocycles. The van der Waals surface area contributed by atoms with Gasteiger partial charge in [-0.2, -0.15) is 0 Å². The number of halogens is 1. The molecule has 2 heterocycles. The number of hydrogen-bond donors (Lipinski definition) is 0. The third-order valence-electron chi connectivity index (χ3n) is 4.14. The van der Waals surface area contributed by atoms with Crippen LogP contribution < -0.4 is 14.2 Å². The van der Waals surface area contributed by atoms with Gasteiger partial charge in [0.1, 0.15) is 12.4 Å². The van der Waals surface area contributed by atoms with E-state index in [1.165, 1.54) is 12.1 Å². The zero-order valence-electron chi connectivity index (χ0n) is 14.1. The van der Waals surface area contributed by atoms with Crippen LogP contribution in [0.4, 0.5) is 4.39 Å². The first kappa shape index (κ1) is 15.6. The maximum absolute atomic E-state index is 13.3. The van der Waals surface area contributed by atoms with Crippen molar-refractivity contribution in [2.75, 3.05) is 0 Å². The summed E-state index contributed by atoms with van der Waals surface area (Å²) < 4.78 is 31.0. The minimum Gasteiger partial charge on any atom is -0.485 e. The summed E-state index contributed by atoms with van der Waals surface area (Å²) in [4.78, 5) is 8.93. The second-order valence-electron chi connectivity index (χ2n) is 6.03. The smallest absolute Gasteiger partial charge is 0.284 e. The number of hydrogen-bond acceptors (Lipinski definition) is 5. The first-order chi connectivity index (χ1) is 13.3. The largest absolute Gasteiger partial charge is 0.485 e. The summed E-state index contributed by atoms with van der Waals surface area (Å²) in [6.07, 6.45) is 0. The molecule has 0 N–H and O–H groups in total. The average Bonchev–Trinajstić information content (AvgIpc) is 2.69. The van der Waals surface area contributed by atoms with E-state index in [2.05, 4.69) is 9.97 Å². The lowest BCUT2D eigenvalue weighted by atomic mass is 10.2. The van der Waals surface area contributed by atoms with Crippen LogP contribution in [0.25, 0.3) is 11.0 Å². The zero-order valence-corrected chi connectivity index (χ0v) is 14.1. The fraction of sp³-hybridized carbons (Fsp3) is 0.0476. The topological polar surface area (TPSA) is 53.5 Å². The van der Waals surface area contributed by atoms with Gasteiger partial charge in [0, 0.05) is 0 Å². The molecule has 1 aromatic heterocycles. The highest BCUT2D eigenvalue weighted by Gasteiger charge is 2.25. The van der Waals surface area contributed by atoms with Gasteiger partial charge in [-0.05, 0) is 42.0 Å². The molecule has 0 amide bonds. The van der Waals surface area contributed by atoms with Gasteiger partial charge >= 0.3 is 0 Å². The van der Waals surface area contributed by atoms with E-state index in [1.807, 2.05) is 24.3 Å². The van der Waals surface area contributed by atoms with Gasteiger partial charge in [-0.25, -0.2) is 14.4 Å². The number of fused-ring (bicyclic) bond motifs is 3. The van der Waals surface area contributed by atoms with Crippen molar-refractivity contribution in [2.45, 2.75) is 6.61 Å². The van der Waals surface area contributed by atoms with Crippen LogP contribution in [0, 0.1) is 5.82 Å². The molecular formula is C21H13FN2O3. The summed E-state index contributed by atoms with van der Waals surface area (Å²) in [5, 5.41) is 0. The molecule has 0 saturated heterocycles. The van der Waals surface area contributed by atoms with Gasteiger partial charge in [-0.1, -0.05) is 30.3 Å². The summed E-state index contributed by atoms with van der Waals surface area (Å²) in [6, 6.07) is 19.1. The second-order valence-corrected chi connectivity index (χ2v) is 6.03. The van der Waals surface area contributed by atoms with Gasteiger partial charge in [0.2, 0.25) is 5.75 Å².